The lowest BCUT2D eigenvalue weighted by Crippen LogP contribution is -2.41. The largest absolute Gasteiger partial charge is 0.462 e. The number of ether oxygens (including phenoxy) is 1. The zero-order valence-corrected chi connectivity index (χ0v) is 17.3. The Morgan fingerprint density at radius 3 is 2.68 bits per heavy atom. The highest BCUT2D eigenvalue weighted by molar-refractivity contribution is 7.17. The molecule has 0 aromatic carbocycles. The van der Waals surface area contributed by atoms with Crippen molar-refractivity contribution >= 4 is 40.2 Å². The van der Waals surface area contributed by atoms with Gasteiger partial charge in [0.1, 0.15) is 17.1 Å². The Morgan fingerprint density at radius 2 is 2.07 bits per heavy atom. The Hall–Kier alpha value is -2.42. The molecule has 28 heavy (non-hydrogen) atoms. The molecule has 1 aliphatic heterocycles. The predicted octanol–water partition coefficient (Wildman–Crippen LogP) is 2.32. The number of anilines is 1. The summed E-state index contributed by atoms with van der Waals surface area (Å²) >= 11 is 1.37. The molecule has 1 aliphatic carbocycles. The van der Waals surface area contributed by atoms with Crippen molar-refractivity contribution in [2.24, 2.45) is 5.92 Å². The molecule has 1 aromatic heterocycles. The van der Waals surface area contributed by atoms with Crippen LogP contribution in [0, 0.1) is 5.92 Å². The van der Waals surface area contributed by atoms with Crippen LogP contribution in [0.5, 0.6) is 0 Å². The van der Waals surface area contributed by atoms with E-state index in [0.717, 1.165) is 34.6 Å². The van der Waals surface area contributed by atoms with Crippen LogP contribution in [-0.4, -0.2) is 47.4 Å². The van der Waals surface area contributed by atoms with Gasteiger partial charge in [-0.15, -0.1) is 11.3 Å². The van der Waals surface area contributed by atoms with Crippen LogP contribution < -0.4 is 10.6 Å². The molecular weight excluding hydrogens is 382 g/mol. The summed E-state index contributed by atoms with van der Waals surface area (Å²) < 4.78 is 5.18. The second-order valence-corrected chi connectivity index (χ2v) is 8.88. The molecule has 1 fully saturated rings. The summed E-state index contributed by atoms with van der Waals surface area (Å²) in [6.45, 7) is 6.89. The van der Waals surface area contributed by atoms with Gasteiger partial charge in [-0.1, -0.05) is 6.92 Å². The third-order valence-corrected chi connectivity index (χ3v) is 6.16. The Kier molecular flexibility index (Phi) is 5.47. The maximum Gasteiger partial charge on any atom is 0.341 e. The van der Waals surface area contributed by atoms with E-state index in [0.29, 0.717) is 16.5 Å². The Morgan fingerprint density at radius 1 is 1.36 bits per heavy atom. The molecule has 9 heteroatoms. The van der Waals surface area contributed by atoms with Crippen molar-refractivity contribution in [3.63, 3.8) is 0 Å². The number of hydrogen-bond donors (Lipinski definition) is 2. The van der Waals surface area contributed by atoms with E-state index in [4.69, 9.17) is 4.74 Å². The van der Waals surface area contributed by atoms with Crippen LogP contribution in [0.25, 0.3) is 0 Å². The van der Waals surface area contributed by atoms with E-state index >= 15 is 0 Å². The zero-order chi connectivity index (χ0) is 20.6. The highest BCUT2D eigenvalue weighted by Crippen LogP contribution is 2.40. The minimum atomic E-state index is -1.04. The molecule has 4 amide bonds. The van der Waals surface area contributed by atoms with Gasteiger partial charge in [-0.25, -0.2) is 9.59 Å². The summed E-state index contributed by atoms with van der Waals surface area (Å²) in [5.74, 6) is -0.935. The summed E-state index contributed by atoms with van der Waals surface area (Å²) in [4.78, 5) is 51.3. The number of carbonyl (C=O) groups is 4. The average molecular weight is 407 g/mol. The summed E-state index contributed by atoms with van der Waals surface area (Å²) in [6, 6.07) is -0.602. The Bertz CT molecular complexity index is 845. The van der Waals surface area contributed by atoms with Crippen molar-refractivity contribution in [3.05, 3.63) is 16.0 Å². The van der Waals surface area contributed by atoms with Crippen molar-refractivity contribution in [1.82, 2.24) is 10.2 Å². The number of rotatable bonds is 5. The monoisotopic (exact) mass is 407 g/mol. The third kappa shape index (κ3) is 3.76. The van der Waals surface area contributed by atoms with E-state index in [9.17, 15) is 19.2 Å². The van der Waals surface area contributed by atoms with E-state index in [1.807, 2.05) is 0 Å². The number of amides is 4. The van der Waals surface area contributed by atoms with Gasteiger partial charge in [-0.2, -0.15) is 0 Å². The number of nitrogens with one attached hydrogen (secondary N) is 2. The van der Waals surface area contributed by atoms with Crippen molar-refractivity contribution in [2.45, 2.75) is 52.5 Å². The fourth-order valence-corrected chi connectivity index (χ4v) is 4.94. The minimum absolute atomic E-state index is 0.241. The number of imide groups is 1. The SMILES string of the molecule is CCOC(=O)c1c(NC(=O)CN2C(=O)NC(C)(C)C2=O)sc2c1CC[C@@H](C)C2. The van der Waals surface area contributed by atoms with E-state index in [1.54, 1.807) is 20.8 Å². The van der Waals surface area contributed by atoms with Gasteiger partial charge in [0.2, 0.25) is 5.91 Å². The van der Waals surface area contributed by atoms with Crippen molar-refractivity contribution in [1.29, 1.82) is 0 Å². The number of hydrogen-bond acceptors (Lipinski definition) is 6. The number of carbonyl (C=O) groups excluding carboxylic acids is 4. The minimum Gasteiger partial charge on any atom is -0.462 e. The van der Waals surface area contributed by atoms with Gasteiger partial charge in [-0.3, -0.25) is 14.5 Å². The van der Waals surface area contributed by atoms with Gasteiger partial charge < -0.3 is 15.4 Å². The third-order valence-electron chi connectivity index (χ3n) is 4.99. The smallest absolute Gasteiger partial charge is 0.341 e. The van der Waals surface area contributed by atoms with Gasteiger partial charge in [0.05, 0.1) is 12.2 Å². The Labute approximate surface area is 167 Å². The number of urea groups is 1. The molecule has 152 valence electrons. The summed E-state index contributed by atoms with van der Waals surface area (Å²) in [6.07, 6.45) is 2.59. The molecule has 0 bridgehead atoms. The van der Waals surface area contributed by atoms with Crippen molar-refractivity contribution in [2.75, 3.05) is 18.5 Å². The van der Waals surface area contributed by atoms with Crippen LogP contribution in [0.4, 0.5) is 9.80 Å². The normalized spacial score (nSPS) is 20.6. The standard InChI is InChI=1S/C19H25N3O5S/c1-5-27-16(24)14-11-7-6-10(2)8-12(11)28-15(14)20-13(23)9-22-17(25)19(3,4)21-18(22)26/h10H,5-9H2,1-4H3,(H,20,23)(H,21,26)/t10-/m1/s1. The van der Waals surface area contributed by atoms with E-state index < -0.39 is 35.9 Å². The molecule has 2 aliphatic rings. The molecule has 0 spiro atoms. The lowest BCUT2D eigenvalue weighted by molar-refractivity contribution is -0.132. The number of esters is 1. The second-order valence-electron chi connectivity index (χ2n) is 7.77. The number of thiophene rings is 1. The van der Waals surface area contributed by atoms with Crippen LogP contribution in [0.3, 0.4) is 0 Å². The topological polar surface area (TPSA) is 105 Å². The van der Waals surface area contributed by atoms with Crippen LogP contribution in [0.1, 0.15) is 54.9 Å². The second kappa shape index (κ2) is 7.54. The van der Waals surface area contributed by atoms with E-state index in [2.05, 4.69) is 17.6 Å². The highest BCUT2D eigenvalue weighted by atomic mass is 32.1. The fourth-order valence-electron chi connectivity index (χ4n) is 3.53. The lowest BCUT2D eigenvalue weighted by Gasteiger charge is -2.18. The van der Waals surface area contributed by atoms with Gasteiger partial charge in [0.25, 0.3) is 5.91 Å². The molecule has 1 saturated heterocycles. The first-order chi connectivity index (χ1) is 13.1. The van der Waals surface area contributed by atoms with Gasteiger partial charge in [0.15, 0.2) is 0 Å². The predicted molar refractivity (Wildman–Crippen MR) is 104 cm³/mol. The fraction of sp³-hybridized carbons (Fsp3) is 0.579. The molecule has 1 atom stereocenters. The number of nitrogens with zero attached hydrogens (tertiary/aromatic N) is 1. The van der Waals surface area contributed by atoms with Gasteiger partial charge in [-0.05, 0) is 51.5 Å². The first-order valence-electron chi connectivity index (χ1n) is 9.39. The van der Waals surface area contributed by atoms with Crippen molar-refractivity contribution < 1.29 is 23.9 Å². The van der Waals surface area contributed by atoms with Gasteiger partial charge in [0, 0.05) is 4.88 Å². The number of fused-ring (bicyclic) bond motifs is 1. The first kappa shape index (κ1) is 20.3. The van der Waals surface area contributed by atoms with E-state index in [1.165, 1.54) is 11.3 Å². The molecule has 0 saturated carbocycles. The first-order valence-corrected chi connectivity index (χ1v) is 10.2. The maximum atomic E-state index is 12.5. The van der Waals surface area contributed by atoms with Crippen LogP contribution >= 0.6 is 11.3 Å². The molecular formula is C19H25N3O5S. The molecule has 2 N–H and O–H groups in total. The van der Waals surface area contributed by atoms with Crippen LogP contribution in [0.15, 0.2) is 0 Å². The highest BCUT2D eigenvalue weighted by Gasteiger charge is 2.45. The molecule has 2 heterocycles. The molecule has 1 aromatic rings. The Balaban J connectivity index is 1.82. The maximum absolute atomic E-state index is 12.5. The summed E-state index contributed by atoms with van der Waals surface area (Å²) in [5.41, 5.74) is 0.304. The van der Waals surface area contributed by atoms with E-state index in [-0.39, 0.29) is 6.61 Å². The summed E-state index contributed by atoms with van der Waals surface area (Å²) in [7, 11) is 0. The van der Waals surface area contributed by atoms with Gasteiger partial charge >= 0.3 is 12.0 Å². The molecule has 0 unspecified atom stereocenters. The van der Waals surface area contributed by atoms with Crippen molar-refractivity contribution in [3.8, 4) is 0 Å². The molecule has 3 rings (SSSR count). The molecule has 0 radical (unpaired) electrons. The quantitative estimate of drug-likeness (QED) is 0.576. The average Bonchev–Trinajstić information content (AvgIpc) is 3.03. The summed E-state index contributed by atoms with van der Waals surface area (Å²) in [5, 5.41) is 5.69. The lowest BCUT2D eigenvalue weighted by atomic mass is 9.88. The van der Waals surface area contributed by atoms with Crippen LogP contribution in [0.2, 0.25) is 0 Å². The van der Waals surface area contributed by atoms with Crippen LogP contribution in [-0.2, 0) is 27.2 Å². The molecule has 8 nitrogen and oxygen atoms in total. The zero-order valence-electron chi connectivity index (χ0n) is 16.5.